The summed E-state index contributed by atoms with van der Waals surface area (Å²) in [5, 5.41) is 13.9. The highest BCUT2D eigenvalue weighted by Crippen LogP contribution is 2.38. The molecule has 0 aromatic rings. The van der Waals surface area contributed by atoms with Gasteiger partial charge in [0.25, 0.3) is 7.82 Å². The first-order chi connectivity index (χ1) is 31.0. The fourth-order valence-electron chi connectivity index (χ4n) is 6.82. The smallest absolute Gasteiger partial charge is 0.268 e. The molecule has 0 aromatic heterocycles. The van der Waals surface area contributed by atoms with Gasteiger partial charge in [0.05, 0.1) is 39.9 Å². The van der Waals surface area contributed by atoms with E-state index in [1.54, 1.807) is 0 Å². The predicted molar refractivity (Wildman–Crippen MR) is 274 cm³/mol. The zero-order chi connectivity index (χ0) is 47.1. The molecule has 2 N–H and O–H groups in total. The molecule has 0 spiro atoms. The lowest BCUT2D eigenvalue weighted by Crippen LogP contribution is -2.46. The number of aliphatic hydroxyl groups is 1. The van der Waals surface area contributed by atoms with Crippen LogP contribution in [0.25, 0.3) is 0 Å². The molecular formula is C55H97N2O6P. The molecule has 0 bridgehead atoms. The minimum atomic E-state index is -4.59. The molecule has 3 atom stereocenters. The Kier molecular flexibility index (Phi) is 43.7. The van der Waals surface area contributed by atoms with E-state index >= 15 is 0 Å². The van der Waals surface area contributed by atoms with Crippen LogP contribution in [-0.2, 0) is 18.4 Å². The molecule has 9 heteroatoms. The maximum Gasteiger partial charge on any atom is 0.268 e. The third-order valence-electron chi connectivity index (χ3n) is 10.8. The van der Waals surface area contributed by atoms with Crippen molar-refractivity contribution in [3.8, 4) is 0 Å². The van der Waals surface area contributed by atoms with Gasteiger partial charge >= 0.3 is 0 Å². The Morgan fingerprint density at radius 3 is 1.36 bits per heavy atom. The van der Waals surface area contributed by atoms with Crippen molar-refractivity contribution < 1.29 is 32.9 Å². The zero-order valence-corrected chi connectivity index (χ0v) is 42.6. The molecule has 8 nitrogen and oxygen atoms in total. The Labute approximate surface area is 394 Å². The largest absolute Gasteiger partial charge is 0.756 e. The van der Waals surface area contributed by atoms with Crippen LogP contribution in [0.3, 0.4) is 0 Å². The number of hydrogen-bond acceptors (Lipinski definition) is 6. The van der Waals surface area contributed by atoms with Crippen LogP contribution < -0.4 is 10.2 Å². The Balaban J connectivity index is 4.38. The Morgan fingerprint density at radius 2 is 0.953 bits per heavy atom. The van der Waals surface area contributed by atoms with Crippen molar-refractivity contribution in [2.75, 3.05) is 40.9 Å². The van der Waals surface area contributed by atoms with Gasteiger partial charge in [-0.05, 0) is 77.0 Å². The number of carbonyl (C=O) groups excluding carboxylic acids is 1. The maximum atomic E-state index is 12.9. The number of amides is 1. The lowest BCUT2D eigenvalue weighted by Gasteiger charge is -2.30. The number of aliphatic hydroxyl groups excluding tert-OH is 1. The number of carbonyl (C=O) groups is 1. The molecule has 0 saturated carbocycles. The molecule has 0 saturated heterocycles. The first-order valence-corrected chi connectivity index (χ1v) is 27.0. The molecular weight excluding hydrogens is 816 g/mol. The molecule has 0 rings (SSSR count). The highest BCUT2D eigenvalue weighted by molar-refractivity contribution is 7.45. The average molecular weight is 913 g/mol. The van der Waals surface area contributed by atoms with Gasteiger partial charge in [-0.25, -0.2) is 0 Å². The summed E-state index contributed by atoms with van der Waals surface area (Å²) < 4.78 is 23.3. The highest BCUT2D eigenvalue weighted by Gasteiger charge is 2.24. The van der Waals surface area contributed by atoms with Crippen LogP contribution in [-0.4, -0.2) is 68.5 Å². The normalized spacial score (nSPS) is 14.9. The van der Waals surface area contributed by atoms with Crippen LogP contribution in [0.15, 0.2) is 97.2 Å². The Bertz CT molecular complexity index is 1360. The summed E-state index contributed by atoms with van der Waals surface area (Å²) in [6.07, 6.45) is 64.2. The van der Waals surface area contributed by atoms with E-state index < -0.39 is 20.0 Å². The molecule has 0 aromatic carbocycles. The highest BCUT2D eigenvalue weighted by atomic mass is 31.2. The van der Waals surface area contributed by atoms with Crippen molar-refractivity contribution >= 4 is 13.7 Å². The second-order valence-electron chi connectivity index (χ2n) is 18.1. The number of phosphoric ester groups is 1. The molecule has 0 aliphatic rings. The van der Waals surface area contributed by atoms with Crippen molar-refractivity contribution in [2.45, 2.75) is 206 Å². The van der Waals surface area contributed by atoms with E-state index in [0.717, 1.165) is 83.5 Å². The van der Waals surface area contributed by atoms with E-state index in [1.165, 1.54) is 77.0 Å². The summed E-state index contributed by atoms with van der Waals surface area (Å²) in [5.74, 6) is -0.211. The van der Waals surface area contributed by atoms with Crippen molar-refractivity contribution in [3.05, 3.63) is 97.2 Å². The van der Waals surface area contributed by atoms with Crippen LogP contribution in [0.5, 0.6) is 0 Å². The van der Waals surface area contributed by atoms with Crippen LogP contribution in [0, 0.1) is 0 Å². The van der Waals surface area contributed by atoms with Crippen molar-refractivity contribution in [2.24, 2.45) is 0 Å². The summed E-state index contributed by atoms with van der Waals surface area (Å²) in [4.78, 5) is 25.4. The van der Waals surface area contributed by atoms with E-state index in [9.17, 15) is 19.4 Å². The van der Waals surface area contributed by atoms with Gasteiger partial charge in [-0.15, -0.1) is 0 Å². The molecule has 0 aliphatic carbocycles. The zero-order valence-electron chi connectivity index (χ0n) is 41.7. The molecule has 368 valence electrons. The molecule has 0 fully saturated rings. The molecule has 0 aliphatic heterocycles. The number of unbranched alkanes of at least 4 members (excludes halogenated alkanes) is 16. The van der Waals surface area contributed by atoms with Gasteiger partial charge in [0, 0.05) is 6.42 Å². The number of nitrogens with one attached hydrogen (secondary N) is 1. The minimum absolute atomic E-state index is 0.00195. The van der Waals surface area contributed by atoms with Gasteiger partial charge in [-0.3, -0.25) is 9.36 Å². The molecule has 0 heterocycles. The van der Waals surface area contributed by atoms with Crippen LogP contribution in [0.2, 0.25) is 0 Å². The first kappa shape index (κ1) is 61.4. The van der Waals surface area contributed by atoms with Gasteiger partial charge < -0.3 is 28.8 Å². The van der Waals surface area contributed by atoms with Crippen molar-refractivity contribution in [1.29, 1.82) is 0 Å². The van der Waals surface area contributed by atoms with E-state index in [-0.39, 0.29) is 19.1 Å². The van der Waals surface area contributed by atoms with Gasteiger partial charge in [-0.1, -0.05) is 207 Å². The van der Waals surface area contributed by atoms with Crippen LogP contribution in [0.1, 0.15) is 194 Å². The lowest BCUT2D eigenvalue weighted by molar-refractivity contribution is -0.870. The lowest BCUT2D eigenvalue weighted by atomic mass is 10.0. The third kappa shape index (κ3) is 47.4. The topological polar surface area (TPSA) is 108 Å². The standard InChI is InChI=1S/C55H97N2O6P/c1-6-8-10-12-14-16-18-20-22-23-24-25-26-27-28-29-30-31-32-33-35-37-39-41-43-45-47-49-55(59)56-53(52-63-64(60,61)62-51-50-57(3,4)5)54(58)48-46-44-42-40-38-36-34-21-19-17-15-13-11-9-7-2/h8,10,14,16,20,22,24-25,27-28,30-31,33,35,39,41,53-54,58H,6-7,9,11-13,15,17-19,21,23,26,29,32,34,36-38,40,42-52H2,1-5H3,(H-,56,59,60,61)/b10-8-,16-14-,22-20-,25-24-,28-27-,31-30-,35-33-,41-39-. The quantitative estimate of drug-likeness (QED) is 0.0273. The molecule has 1 amide bonds. The van der Waals surface area contributed by atoms with E-state index in [1.807, 2.05) is 21.1 Å². The van der Waals surface area contributed by atoms with E-state index in [4.69, 9.17) is 9.05 Å². The SMILES string of the molecule is CC/C=C\C/C=C\C/C=C\C/C=C\C/C=C\C/C=C\C/C=C\C/C=C\CCCCC(=O)NC(COP(=O)([O-])OCC[N+](C)(C)C)C(O)CCCCCCCCCCCCCCCCC. The van der Waals surface area contributed by atoms with Crippen LogP contribution in [0.4, 0.5) is 0 Å². The van der Waals surface area contributed by atoms with Crippen LogP contribution >= 0.6 is 7.82 Å². The Hall–Kier alpha value is -2.58. The summed E-state index contributed by atoms with van der Waals surface area (Å²) in [5.41, 5.74) is 0. The molecule has 64 heavy (non-hydrogen) atoms. The minimum Gasteiger partial charge on any atom is -0.756 e. The second-order valence-corrected chi connectivity index (χ2v) is 19.6. The van der Waals surface area contributed by atoms with Gasteiger partial charge in [0.15, 0.2) is 0 Å². The number of hydrogen-bond donors (Lipinski definition) is 2. The van der Waals surface area contributed by atoms with Crippen molar-refractivity contribution in [3.63, 3.8) is 0 Å². The number of quaternary nitrogens is 1. The summed E-state index contributed by atoms with van der Waals surface area (Å²) in [7, 11) is 1.26. The number of rotatable bonds is 45. The molecule has 3 unspecified atom stereocenters. The fourth-order valence-corrected chi connectivity index (χ4v) is 7.54. The van der Waals surface area contributed by atoms with Crippen molar-refractivity contribution in [1.82, 2.24) is 5.32 Å². The fraction of sp³-hybridized carbons (Fsp3) is 0.691. The first-order valence-electron chi connectivity index (χ1n) is 25.6. The number of likely N-dealkylation sites (N-methyl/N-ethyl adjacent to an activating group) is 1. The monoisotopic (exact) mass is 913 g/mol. The van der Waals surface area contributed by atoms with Gasteiger partial charge in [0.1, 0.15) is 13.2 Å². The number of phosphoric acid groups is 1. The predicted octanol–water partition coefficient (Wildman–Crippen LogP) is 14.5. The van der Waals surface area contributed by atoms with E-state index in [2.05, 4.69) is 116 Å². The van der Waals surface area contributed by atoms with E-state index in [0.29, 0.717) is 30.3 Å². The third-order valence-corrected chi connectivity index (χ3v) is 11.8. The Morgan fingerprint density at radius 1 is 0.562 bits per heavy atom. The van der Waals surface area contributed by atoms with Gasteiger partial charge in [0.2, 0.25) is 5.91 Å². The average Bonchev–Trinajstić information content (AvgIpc) is 3.25. The summed E-state index contributed by atoms with van der Waals surface area (Å²) in [6.45, 7) is 4.56. The second kappa shape index (κ2) is 45.6. The van der Waals surface area contributed by atoms with Gasteiger partial charge in [-0.2, -0.15) is 0 Å². The summed E-state index contributed by atoms with van der Waals surface area (Å²) in [6, 6.07) is -0.831. The summed E-state index contributed by atoms with van der Waals surface area (Å²) >= 11 is 0. The maximum absolute atomic E-state index is 12.9. The number of allylic oxidation sites excluding steroid dienone is 16. The molecule has 0 radical (unpaired) electrons. The number of nitrogens with zero attached hydrogens (tertiary/aromatic N) is 1.